The van der Waals surface area contributed by atoms with E-state index in [1.807, 2.05) is 10.9 Å². The molecule has 0 radical (unpaired) electrons. The zero-order chi connectivity index (χ0) is 12.3. The maximum atomic E-state index is 5.44. The highest BCUT2D eigenvalue weighted by Gasteiger charge is 2.21. The molecule has 0 saturated carbocycles. The molecule has 1 aromatic rings. The summed E-state index contributed by atoms with van der Waals surface area (Å²) in [6.45, 7) is 9.20. The van der Waals surface area contributed by atoms with Crippen molar-refractivity contribution in [1.29, 1.82) is 0 Å². The molecule has 2 unspecified atom stereocenters. The van der Waals surface area contributed by atoms with Crippen LogP contribution in [0.1, 0.15) is 38.8 Å². The lowest BCUT2D eigenvalue weighted by molar-refractivity contribution is 0.0386. The van der Waals surface area contributed by atoms with E-state index in [4.69, 9.17) is 4.74 Å². The fourth-order valence-electron chi connectivity index (χ4n) is 2.18. The lowest BCUT2D eigenvalue weighted by Gasteiger charge is -2.29. The number of nitrogens with one attached hydrogen (secondary N) is 1. The maximum Gasteiger partial charge on any atom is 0.0534 e. The van der Waals surface area contributed by atoms with Crippen LogP contribution < -0.4 is 5.32 Å². The Morgan fingerprint density at radius 1 is 1.59 bits per heavy atom. The smallest absolute Gasteiger partial charge is 0.0534 e. The summed E-state index contributed by atoms with van der Waals surface area (Å²) < 4.78 is 7.45. The summed E-state index contributed by atoms with van der Waals surface area (Å²) in [5, 5.41) is 7.96. The average molecular weight is 237 g/mol. The van der Waals surface area contributed by atoms with Gasteiger partial charge in [0, 0.05) is 37.0 Å². The molecule has 1 N–H and O–H groups in total. The molecular weight excluding hydrogens is 214 g/mol. The van der Waals surface area contributed by atoms with Crippen LogP contribution >= 0.6 is 0 Å². The summed E-state index contributed by atoms with van der Waals surface area (Å²) >= 11 is 0. The van der Waals surface area contributed by atoms with E-state index in [0.29, 0.717) is 18.0 Å². The zero-order valence-electron chi connectivity index (χ0n) is 11.0. The van der Waals surface area contributed by atoms with E-state index in [-0.39, 0.29) is 0 Å². The van der Waals surface area contributed by atoms with Gasteiger partial charge in [0.1, 0.15) is 0 Å². The highest BCUT2D eigenvalue weighted by molar-refractivity contribution is 5.04. The monoisotopic (exact) mass is 237 g/mol. The van der Waals surface area contributed by atoms with Crippen molar-refractivity contribution in [3.05, 3.63) is 18.0 Å². The van der Waals surface area contributed by atoms with Gasteiger partial charge in [-0.1, -0.05) is 6.92 Å². The molecule has 1 aliphatic heterocycles. The topological polar surface area (TPSA) is 39.1 Å². The third-order valence-corrected chi connectivity index (χ3v) is 3.39. The van der Waals surface area contributed by atoms with Crippen molar-refractivity contribution in [2.24, 2.45) is 5.92 Å². The Labute approximate surface area is 103 Å². The van der Waals surface area contributed by atoms with Gasteiger partial charge in [-0.2, -0.15) is 5.10 Å². The van der Waals surface area contributed by atoms with E-state index in [1.54, 1.807) is 0 Å². The van der Waals surface area contributed by atoms with E-state index >= 15 is 0 Å². The van der Waals surface area contributed by atoms with Gasteiger partial charge >= 0.3 is 0 Å². The highest BCUT2D eigenvalue weighted by Crippen LogP contribution is 2.14. The third-order valence-electron chi connectivity index (χ3n) is 3.39. The quantitative estimate of drug-likeness (QED) is 0.870. The molecule has 1 fully saturated rings. The fraction of sp³-hybridized carbons (Fsp3) is 0.769. The van der Waals surface area contributed by atoms with Gasteiger partial charge in [0.2, 0.25) is 0 Å². The molecule has 1 saturated heterocycles. The Morgan fingerprint density at radius 2 is 2.41 bits per heavy atom. The van der Waals surface area contributed by atoms with E-state index in [9.17, 15) is 0 Å². The molecule has 2 heterocycles. The summed E-state index contributed by atoms with van der Waals surface area (Å²) in [6.07, 6.45) is 5.19. The van der Waals surface area contributed by atoms with E-state index in [1.165, 1.54) is 5.56 Å². The van der Waals surface area contributed by atoms with Gasteiger partial charge in [-0.25, -0.2) is 0 Å². The van der Waals surface area contributed by atoms with E-state index in [0.717, 1.165) is 26.2 Å². The molecule has 0 aromatic carbocycles. The first kappa shape index (κ1) is 12.6. The Hall–Kier alpha value is -0.870. The van der Waals surface area contributed by atoms with Crippen molar-refractivity contribution in [3.8, 4) is 0 Å². The second-order valence-corrected chi connectivity index (χ2v) is 5.25. The number of hydrogen-bond acceptors (Lipinski definition) is 3. The number of aromatic nitrogens is 2. The summed E-state index contributed by atoms with van der Waals surface area (Å²) in [6, 6.07) is 1.01. The van der Waals surface area contributed by atoms with Crippen molar-refractivity contribution in [2.45, 2.75) is 45.8 Å². The molecule has 2 atom stereocenters. The standard InChI is InChI=1S/C13H23N3O/c1-10(2)16-8-12(7-15-16)6-14-13-4-5-17-9-11(13)3/h7-8,10-11,13-14H,4-6,9H2,1-3H3. The molecule has 0 bridgehead atoms. The van der Waals surface area contributed by atoms with Crippen LogP contribution in [-0.2, 0) is 11.3 Å². The van der Waals surface area contributed by atoms with Crippen LogP contribution in [0.4, 0.5) is 0 Å². The van der Waals surface area contributed by atoms with Gasteiger partial charge in [0.25, 0.3) is 0 Å². The number of nitrogens with zero attached hydrogens (tertiary/aromatic N) is 2. The second kappa shape index (κ2) is 5.65. The van der Waals surface area contributed by atoms with Gasteiger partial charge in [-0.05, 0) is 26.2 Å². The molecule has 0 aliphatic carbocycles. The predicted octanol–water partition coefficient (Wildman–Crippen LogP) is 1.98. The van der Waals surface area contributed by atoms with Crippen LogP contribution in [0.5, 0.6) is 0 Å². The van der Waals surface area contributed by atoms with E-state index in [2.05, 4.69) is 37.4 Å². The zero-order valence-corrected chi connectivity index (χ0v) is 11.0. The Morgan fingerprint density at radius 3 is 3.06 bits per heavy atom. The SMILES string of the molecule is CC1COCCC1NCc1cnn(C(C)C)c1. The van der Waals surface area contributed by atoms with Gasteiger partial charge in [-0.15, -0.1) is 0 Å². The lowest BCUT2D eigenvalue weighted by Crippen LogP contribution is -2.40. The second-order valence-electron chi connectivity index (χ2n) is 5.25. The summed E-state index contributed by atoms with van der Waals surface area (Å²) in [7, 11) is 0. The van der Waals surface area contributed by atoms with Gasteiger partial charge in [-0.3, -0.25) is 4.68 Å². The third kappa shape index (κ3) is 3.30. The Balaban J connectivity index is 1.84. The summed E-state index contributed by atoms with van der Waals surface area (Å²) in [5.41, 5.74) is 1.26. The van der Waals surface area contributed by atoms with Gasteiger partial charge in [0.05, 0.1) is 12.8 Å². The van der Waals surface area contributed by atoms with Crippen LogP contribution in [0.15, 0.2) is 12.4 Å². The molecule has 4 nitrogen and oxygen atoms in total. The first-order chi connectivity index (χ1) is 8.16. The minimum Gasteiger partial charge on any atom is -0.381 e. The van der Waals surface area contributed by atoms with Crippen molar-refractivity contribution in [3.63, 3.8) is 0 Å². The molecule has 1 aliphatic rings. The first-order valence-corrected chi connectivity index (χ1v) is 6.51. The molecule has 0 spiro atoms. The molecule has 1 aromatic heterocycles. The number of ether oxygens (including phenoxy) is 1. The highest BCUT2D eigenvalue weighted by atomic mass is 16.5. The predicted molar refractivity (Wildman–Crippen MR) is 67.8 cm³/mol. The van der Waals surface area contributed by atoms with Crippen molar-refractivity contribution >= 4 is 0 Å². The van der Waals surface area contributed by atoms with Crippen LogP contribution in [0.2, 0.25) is 0 Å². The normalized spacial score (nSPS) is 25.4. The maximum absolute atomic E-state index is 5.44. The van der Waals surface area contributed by atoms with Crippen molar-refractivity contribution in [1.82, 2.24) is 15.1 Å². The van der Waals surface area contributed by atoms with Crippen LogP contribution in [-0.4, -0.2) is 29.0 Å². The number of rotatable bonds is 4. The fourth-order valence-corrected chi connectivity index (χ4v) is 2.18. The van der Waals surface area contributed by atoms with Crippen LogP contribution in [0, 0.1) is 5.92 Å². The number of hydrogen-bond donors (Lipinski definition) is 1. The average Bonchev–Trinajstić information content (AvgIpc) is 2.77. The largest absolute Gasteiger partial charge is 0.381 e. The van der Waals surface area contributed by atoms with Crippen LogP contribution in [0.3, 0.4) is 0 Å². The minimum absolute atomic E-state index is 0.436. The summed E-state index contributed by atoms with van der Waals surface area (Å²) in [4.78, 5) is 0. The Bertz CT molecular complexity index is 348. The Kier molecular flexibility index (Phi) is 4.18. The summed E-state index contributed by atoms with van der Waals surface area (Å²) in [5.74, 6) is 0.601. The molecule has 4 heteroatoms. The molecular formula is C13H23N3O. The van der Waals surface area contributed by atoms with Gasteiger partial charge in [0.15, 0.2) is 0 Å². The van der Waals surface area contributed by atoms with Crippen molar-refractivity contribution in [2.75, 3.05) is 13.2 Å². The molecule has 0 amide bonds. The molecule has 96 valence electrons. The molecule has 2 rings (SSSR count). The minimum atomic E-state index is 0.436. The van der Waals surface area contributed by atoms with E-state index < -0.39 is 0 Å². The van der Waals surface area contributed by atoms with Gasteiger partial charge < -0.3 is 10.1 Å². The van der Waals surface area contributed by atoms with Crippen LogP contribution in [0.25, 0.3) is 0 Å². The first-order valence-electron chi connectivity index (χ1n) is 6.51. The lowest BCUT2D eigenvalue weighted by atomic mass is 9.98. The van der Waals surface area contributed by atoms with Crippen molar-refractivity contribution < 1.29 is 4.74 Å². The molecule has 17 heavy (non-hydrogen) atoms.